The van der Waals surface area contributed by atoms with Crippen LogP contribution in [0.2, 0.25) is 0 Å². The fraction of sp³-hybridized carbons (Fsp3) is 0.520. The van der Waals surface area contributed by atoms with E-state index in [0.717, 1.165) is 61.8 Å². The second-order valence-electron chi connectivity index (χ2n) is 9.93. The number of nitrogens with one attached hydrogen (secondary N) is 1. The summed E-state index contributed by atoms with van der Waals surface area (Å²) in [7, 11) is 0. The molecular weight excluding hydrogens is 436 g/mol. The molecule has 3 aromatic rings. The molecule has 9 heteroatoms. The molecule has 1 saturated carbocycles. The molecule has 0 unspecified atom stereocenters. The lowest BCUT2D eigenvalue weighted by molar-refractivity contribution is 0.374. The van der Waals surface area contributed by atoms with Gasteiger partial charge in [-0.1, -0.05) is 12.5 Å². The molecule has 0 amide bonds. The van der Waals surface area contributed by atoms with Crippen LogP contribution in [0.1, 0.15) is 55.1 Å². The molecule has 2 fully saturated rings. The van der Waals surface area contributed by atoms with Gasteiger partial charge in [-0.15, -0.1) is 5.10 Å². The van der Waals surface area contributed by atoms with E-state index < -0.39 is 11.6 Å². The van der Waals surface area contributed by atoms with Crippen LogP contribution in [-0.4, -0.2) is 43.9 Å². The summed E-state index contributed by atoms with van der Waals surface area (Å²) in [6.07, 6.45) is 6.84. The zero-order chi connectivity index (χ0) is 23.2. The Labute approximate surface area is 197 Å². The molecule has 2 aromatic heterocycles. The smallest absolute Gasteiger partial charge is 0.242 e. The minimum atomic E-state index is -0.819. The number of hydrogen-bond donors (Lipinski definition) is 1. The van der Waals surface area contributed by atoms with Gasteiger partial charge in [0.05, 0.1) is 0 Å². The number of rotatable bonds is 4. The van der Waals surface area contributed by atoms with E-state index >= 15 is 0 Å². The molecule has 34 heavy (non-hydrogen) atoms. The molecule has 4 atom stereocenters. The maximum absolute atomic E-state index is 14.0. The van der Waals surface area contributed by atoms with Crippen LogP contribution >= 0.6 is 0 Å². The van der Waals surface area contributed by atoms with Gasteiger partial charge in [0.1, 0.15) is 18.0 Å². The van der Waals surface area contributed by atoms with Gasteiger partial charge in [0.2, 0.25) is 5.95 Å². The number of benzene rings is 1. The van der Waals surface area contributed by atoms with Crippen molar-refractivity contribution in [3.05, 3.63) is 59.3 Å². The first-order valence-electron chi connectivity index (χ1n) is 12.2. The number of halogens is 2. The Morgan fingerprint density at radius 2 is 1.79 bits per heavy atom. The molecule has 6 rings (SSSR count). The number of fused-ring (bicyclic) bond motifs is 3. The molecule has 1 aliphatic carbocycles. The van der Waals surface area contributed by atoms with E-state index in [1.807, 2.05) is 11.6 Å². The number of anilines is 2. The van der Waals surface area contributed by atoms with Gasteiger partial charge in [0, 0.05) is 43.4 Å². The van der Waals surface area contributed by atoms with Crippen molar-refractivity contribution in [1.82, 2.24) is 24.7 Å². The molecule has 178 valence electrons. The predicted molar refractivity (Wildman–Crippen MR) is 125 cm³/mol. The third kappa shape index (κ3) is 3.91. The van der Waals surface area contributed by atoms with Gasteiger partial charge in [0.15, 0.2) is 11.6 Å². The van der Waals surface area contributed by atoms with Crippen molar-refractivity contribution in [2.24, 2.45) is 11.8 Å². The lowest BCUT2D eigenvalue weighted by atomic mass is 9.92. The van der Waals surface area contributed by atoms with Crippen LogP contribution in [0, 0.1) is 30.4 Å². The third-order valence-corrected chi connectivity index (χ3v) is 7.71. The maximum atomic E-state index is 14.0. The van der Waals surface area contributed by atoms with Crippen molar-refractivity contribution >= 4 is 11.8 Å². The Morgan fingerprint density at radius 3 is 2.56 bits per heavy atom. The van der Waals surface area contributed by atoms with Gasteiger partial charge < -0.3 is 10.2 Å². The zero-order valence-electron chi connectivity index (χ0n) is 19.3. The van der Waals surface area contributed by atoms with E-state index in [2.05, 4.69) is 26.3 Å². The van der Waals surface area contributed by atoms with E-state index in [4.69, 9.17) is 10.1 Å². The van der Waals surface area contributed by atoms with Crippen molar-refractivity contribution < 1.29 is 8.78 Å². The fourth-order valence-corrected chi connectivity index (χ4v) is 6.03. The van der Waals surface area contributed by atoms with E-state index in [9.17, 15) is 8.78 Å². The van der Waals surface area contributed by atoms with Crippen LogP contribution < -0.4 is 10.2 Å². The maximum Gasteiger partial charge on any atom is 0.242 e. The Bertz CT molecular complexity index is 1180. The van der Waals surface area contributed by atoms with Crippen LogP contribution in [0.3, 0.4) is 0 Å². The van der Waals surface area contributed by atoms with Crippen LogP contribution in [0.4, 0.5) is 20.5 Å². The summed E-state index contributed by atoms with van der Waals surface area (Å²) >= 11 is 0. The summed E-state index contributed by atoms with van der Waals surface area (Å²) < 4.78 is 29.4. The number of aryl methyl sites for hydroxylation is 2. The van der Waals surface area contributed by atoms with Crippen molar-refractivity contribution in [3.8, 4) is 0 Å². The summed E-state index contributed by atoms with van der Waals surface area (Å²) in [5.41, 5.74) is 1.74. The molecule has 0 spiro atoms. The lowest BCUT2D eigenvalue weighted by Gasteiger charge is -2.38. The summed E-state index contributed by atoms with van der Waals surface area (Å²) in [4.78, 5) is 16.0. The minimum Gasteiger partial charge on any atom is -0.356 e. The molecule has 2 bridgehead atoms. The van der Waals surface area contributed by atoms with Crippen LogP contribution in [0.15, 0.2) is 30.6 Å². The van der Waals surface area contributed by atoms with E-state index in [0.29, 0.717) is 23.8 Å². The second kappa shape index (κ2) is 8.60. The first-order valence-corrected chi connectivity index (χ1v) is 12.2. The van der Waals surface area contributed by atoms with E-state index in [1.165, 1.54) is 25.0 Å². The average Bonchev–Trinajstić information content (AvgIpc) is 3.23. The summed E-state index contributed by atoms with van der Waals surface area (Å²) in [5, 5.41) is 8.46. The molecule has 0 radical (unpaired) electrons. The third-order valence-electron chi connectivity index (χ3n) is 7.71. The van der Waals surface area contributed by atoms with Gasteiger partial charge >= 0.3 is 0 Å². The average molecular weight is 466 g/mol. The number of piperidine rings is 1. The van der Waals surface area contributed by atoms with E-state index in [-0.39, 0.29) is 5.92 Å². The molecule has 2 aliphatic heterocycles. The van der Waals surface area contributed by atoms with Gasteiger partial charge in [-0.05, 0) is 62.1 Å². The lowest BCUT2D eigenvalue weighted by Crippen LogP contribution is -2.48. The van der Waals surface area contributed by atoms with Gasteiger partial charge in [-0.3, -0.25) is 0 Å². The molecule has 3 aliphatic rings. The highest BCUT2D eigenvalue weighted by molar-refractivity contribution is 5.42. The van der Waals surface area contributed by atoms with Crippen LogP contribution in [0.25, 0.3) is 0 Å². The van der Waals surface area contributed by atoms with Gasteiger partial charge in [-0.2, -0.15) is 4.98 Å². The molecule has 1 saturated heterocycles. The Morgan fingerprint density at radius 1 is 0.971 bits per heavy atom. The highest BCUT2D eigenvalue weighted by atomic mass is 19.2. The topological polar surface area (TPSA) is 71.8 Å². The van der Waals surface area contributed by atoms with Gasteiger partial charge in [0.25, 0.3) is 0 Å². The normalized spacial score (nSPS) is 26.3. The highest BCUT2D eigenvalue weighted by Gasteiger charge is 2.43. The Kier molecular flexibility index (Phi) is 5.42. The van der Waals surface area contributed by atoms with Crippen LogP contribution in [-0.2, 0) is 6.54 Å². The second-order valence-corrected chi connectivity index (χ2v) is 9.93. The van der Waals surface area contributed by atoms with Crippen molar-refractivity contribution in [3.63, 3.8) is 0 Å². The molecule has 1 aromatic carbocycles. The highest BCUT2D eigenvalue weighted by Crippen LogP contribution is 2.40. The Balaban J connectivity index is 1.22. The first-order chi connectivity index (χ1) is 16.5. The molecular formula is C25H29F2N7. The van der Waals surface area contributed by atoms with Crippen molar-refractivity contribution in [2.75, 3.05) is 23.3 Å². The molecule has 1 N–H and O–H groups in total. The number of aromatic nitrogens is 5. The minimum absolute atomic E-state index is 0.0831. The largest absolute Gasteiger partial charge is 0.356 e. The summed E-state index contributed by atoms with van der Waals surface area (Å²) in [5.74, 6) is 1.78. The SMILES string of the molecule is Cc1cc(N2C[C@H]3CC[C@@H](C2)[C@H]3Nc2nc3n(n2)CCCC[C@H]3c2ccc(F)c(F)c2)ncn1. The number of nitrogens with zero attached hydrogens (tertiary/aromatic N) is 6. The zero-order valence-corrected chi connectivity index (χ0v) is 19.3. The monoisotopic (exact) mass is 465 g/mol. The van der Waals surface area contributed by atoms with E-state index in [1.54, 1.807) is 12.4 Å². The summed E-state index contributed by atoms with van der Waals surface area (Å²) in [6.45, 7) is 4.70. The van der Waals surface area contributed by atoms with Gasteiger partial charge in [-0.25, -0.2) is 23.4 Å². The predicted octanol–water partition coefficient (Wildman–Crippen LogP) is 4.30. The quantitative estimate of drug-likeness (QED) is 0.620. The Hall–Kier alpha value is -3.10. The summed E-state index contributed by atoms with van der Waals surface area (Å²) in [6, 6.07) is 6.57. The number of hydrogen-bond acceptors (Lipinski definition) is 6. The molecule has 7 nitrogen and oxygen atoms in total. The van der Waals surface area contributed by atoms with Crippen molar-refractivity contribution in [1.29, 1.82) is 0 Å². The standard InChI is InChI=1S/C25H29F2N7/c1-15-10-22(29-14-28-15)33-12-17-5-6-18(13-33)23(17)30-25-31-24-19(4-2-3-9-34(24)32-25)16-7-8-20(26)21(27)11-16/h7-8,10-11,14,17-19,23H,2-6,9,12-13H2,1H3,(H,30,32)/t17-,18+,19-,23+/m0/s1. The fourth-order valence-electron chi connectivity index (χ4n) is 6.03. The van der Waals surface area contributed by atoms with Crippen molar-refractivity contribution in [2.45, 2.75) is 57.5 Å². The first kappa shape index (κ1) is 21.4. The molecule has 4 heterocycles. The van der Waals surface area contributed by atoms with Crippen LogP contribution in [0.5, 0.6) is 0 Å².